The summed E-state index contributed by atoms with van der Waals surface area (Å²) in [4.78, 5) is 17.8. The molecule has 1 N–H and O–H groups in total. The Morgan fingerprint density at radius 1 is 1.24 bits per heavy atom. The van der Waals surface area contributed by atoms with E-state index in [0.29, 0.717) is 17.5 Å². The molecule has 4 rings (SSSR count). The van der Waals surface area contributed by atoms with Gasteiger partial charge >= 0.3 is 0 Å². The van der Waals surface area contributed by atoms with E-state index in [1.807, 2.05) is 23.1 Å². The molecule has 1 aliphatic heterocycles. The number of carbonyl (C=O) groups excluding carboxylic acids is 1. The van der Waals surface area contributed by atoms with Crippen LogP contribution < -0.4 is 0 Å². The highest BCUT2D eigenvalue weighted by Crippen LogP contribution is 2.32. The Bertz CT molecular complexity index is 751. The molecule has 6 nitrogen and oxygen atoms in total. The van der Waals surface area contributed by atoms with Crippen molar-refractivity contribution >= 4 is 16.9 Å². The number of hydrogen-bond donors (Lipinski definition) is 1. The van der Waals surface area contributed by atoms with Crippen molar-refractivity contribution in [3.8, 4) is 0 Å². The zero-order chi connectivity index (χ0) is 17.4. The summed E-state index contributed by atoms with van der Waals surface area (Å²) in [5, 5.41) is 10.8. The topological polar surface area (TPSA) is 65.1 Å². The molecule has 0 radical (unpaired) electrons. The largest absolute Gasteiger partial charge is 0.337 e. The molecule has 2 aromatic rings. The normalized spacial score (nSPS) is 22.5. The van der Waals surface area contributed by atoms with Crippen LogP contribution in [-0.2, 0) is 0 Å². The molecule has 0 bridgehead atoms. The number of carbonyl (C=O) groups is 1. The van der Waals surface area contributed by atoms with Gasteiger partial charge in [-0.3, -0.25) is 9.69 Å². The Morgan fingerprint density at radius 3 is 2.80 bits per heavy atom. The third-order valence-corrected chi connectivity index (χ3v) is 5.56. The quantitative estimate of drug-likeness (QED) is 0.928. The molecule has 1 aliphatic carbocycles. The van der Waals surface area contributed by atoms with Gasteiger partial charge in [-0.1, -0.05) is 13.8 Å². The maximum Gasteiger partial charge on any atom is 0.253 e. The minimum Gasteiger partial charge on any atom is -0.337 e. The molecule has 1 saturated heterocycles. The van der Waals surface area contributed by atoms with Crippen LogP contribution in [0.2, 0.25) is 0 Å². The molecule has 2 aliphatic rings. The molecule has 1 aromatic heterocycles. The van der Waals surface area contributed by atoms with E-state index in [0.717, 1.165) is 43.0 Å². The highest BCUT2D eigenvalue weighted by molar-refractivity contribution is 5.97. The van der Waals surface area contributed by atoms with Crippen molar-refractivity contribution in [3.05, 3.63) is 23.8 Å². The zero-order valence-corrected chi connectivity index (χ0v) is 15.1. The minimum absolute atomic E-state index is 0.115. The van der Waals surface area contributed by atoms with Crippen LogP contribution in [0.3, 0.4) is 0 Å². The summed E-state index contributed by atoms with van der Waals surface area (Å²) in [6, 6.07) is 6.02. The Balaban J connectivity index is 1.52. The summed E-state index contributed by atoms with van der Waals surface area (Å²) >= 11 is 0. The zero-order valence-electron chi connectivity index (χ0n) is 15.1. The molecule has 1 aromatic carbocycles. The maximum absolute atomic E-state index is 13.1. The van der Waals surface area contributed by atoms with E-state index < -0.39 is 0 Å². The summed E-state index contributed by atoms with van der Waals surface area (Å²) in [6.45, 7) is 8.52. The van der Waals surface area contributed by atoms with Crippen LogP contribution in [0.1, 0.15) is 43.5 Å². The monoisotopic (exact) mass is 341 g/mol. The van der Waals surface area contributed by atoms with Crippen molar-refractivity contribution < 1.29 is 4.79 Å². The molecule has 6 heteroatoms. The van der Waals surface area contributed by atoms with Crippen molar-refractivity contribution in [2.75, 3.05) is 26.2 Å². The fourth-order valence-corrected chi connectivity index (χ4v) is 3.89. The lowest BCUT2D eigenvalue weighted by atomic mass is 10.0. The molecule has 1 saturated carbocycles. The number of aromatic nitrogens is 3. The number of benzene rings is 1. The van der Waals surface area contributed by atoms with Gasteiger partial charge in [0, 0.05) is 37.8 Å². The first kappa shape index (κ1) is 16.5. The average molecular weight is 341 g/mol. The highest BCUT2D eigenvalue weighted by atomic mass is 16.2. The van der Waals surface area contributed by atoms with Crippen molar-refractivity contribution in [2.24, 2.45) is 11.8 Å². The Morgan fingerprint density at radius 2 is 2.04 bits per heavy atom. The number of aromatic amines is 1. The molecule has 2 heterocycles. The molecule has 0 spiro atoms. The van der Waals surface area contributed by atoms with E-state index in [1.54, 1.807) is 0 Å². The van der Waals surface area contributed by atoms with Gasteiger partial charge in [0.25, 0.3) is 5.91 Å². The first-order valence-corrected chi connectivity index (χ1v) is 9.45. The van der Waals surface area contributed by atoms with Gasteiger partial charge in [-0.05, 0) is 49.3 Å². The van der Waals surface area contributed by atoms with Crippen LogP contribution in [0.5, 0.6) is 0 Å². The third kappa shape index (κ3) is 3.54. The van der Waals surface area contributed by atoms with Gasteiger partial charge in [-0.25, -0.2) is 0 Å². The summed E-state index contributed by atoms with van der Waals surface area (Å²) in [6.07, 6.45) is 3.80. The summed E-state index contributed by atoms with van der Waals surface area (Å²) < 4.78 is 0. The summed E-state index contributed by atoms with van der Waals surface area (Å²) in [5.41, 5.74) is 2.25. The minimum atomic E-state index is 0.115. The number of fused-ring (bicyclic) bond motifs is 1. The number of nitrogens with one attached hydrogen (secondary N) is 1. The second-order valence-electron chi connectivity index (χ2n) is 7.88. The fourth-order valence-electron chi connectivity index (χ4n) is 3.89. The molecule has 25 heavy (non-hydrogen) atoms. The second-order valence-corrected chi connectivity index (χ2v) is 7.88. The van der Waals surface area contributed by atoms with Gasteiger partial charge in [0.05, 0.1) is 0 Å². The lowest BCUT2D eigenvalue weighted by molar-refractivity contribution is 0.0704. The Kier molecular flexibility index (Phi) is 4.46. The summed E-state index contributed by atoms with van der Waals surface area (Å²) in [7, 11) is 0. The SMILES string of the molecule is CC(C)[C@H]1CN(C(=O)c2ccc3n[nH]nc3c2)CCCN1CC1CC1. The number of nitrogens with zero attached hydrogens (tertiary/aromatic N) is 4. The predicted octanol–water partition coefficient (Wildman–Crippen LogP) is 2.54. The van der Waals surface area contributed by atoms with Crippen molar-refractivity contribution in [1.29, 1.82) is 0 Å². The second kappa shape index (κ2) is 6.75. The fraction of sp³-hybridized carbons (Fsp3) is 0.632. The molecule has 134 valence electrons. The smallest absolute Gasteiger partial charge is 0.253 e. The number of amides is 1. The van der Waals surface area contributed by atoms with Gasteiger partial charge < -0.3 is 4.90 Å². The van der Waals surface area contributed by atoms with Crippen molar-refractivity contribution in [1.82, 2.24) is 25.2 Å². The van der Waals surface area contributed by atoms with E-state index >= 15 is 0 Å². The molecule has 1 amide bonds. The lowest BCUT2D eigenvalue weighted by Gasteiger charge is -2.34. The average Bonchev–Trinajstić information content (AvgIpc) is 3.34. The van der Waals surface area contributed by atoms with Crippen molar-refractivity contribution in [3.63, 3.8) is 0 Å². The molecular weight excluding hydrogens is 314 g/mol. The number of H-pyrrole nitrogens is 1. The number of rotatable bonds is 4. The van der Waals surface area contributed by atoms with E-state index in [4.69, 9.17) is 0 Å². The van der Waals surface area contributed by atoms with E-state index in [-0.39, 0.29) is 5.91 Å². The van der Waals surface area contributed by atoms with Crippen LogP contribution >= 0.6 is 0 Å². The van der Waals surface area contributed by atoms with Gasteiger partial charge in [0.2, 0.25) is 0 Å². The molecule has 0 unspecified atom stereocenters. The van der Waals surface area contributed by atoms with Gasteiger partial charge in [0.15, 0.2) is 0 Å². The van der Waals surface area contributed by atoms with E-state index in [9.17, 15) is 4.79 Å². The standard InChI is InChI=1S/C19H27N5O/c1-13(2)18-12-24(9-3-8-23(18)11-14-4-5-14)19(25)15-6-7-16-17(10-15)21-22-20-16/h6-7,10,13-14,18H,3-5,8-9,11-12H2,1-2H3,(H,20,21,22)/t18-/m1/s1. The van der Waals surface area contributed by atoms with Crippen LogP contribution in [0, 0.1) is 11.8 Å². The van der Waals surface area contributed by atoms with Gasteiger partial charge in [-0.2, -0.15) is 15.4 Å². The maximum atomic E-state index is 13.1. The third-order valence-electron chi connectivity index (χ3n) is 5.56. The lowest BCUT2D eigenvalue weighted by Crippen LogP contribution is -2.46. The van der Waals surface area contributed by atoms with Crippen LogP contribution in [0.4, 0.5) is 0 Å². The number of hydrogen-bond acceptors (Lipinski definition) is 4. The molecule has 1 atom stereocenters. The first-order valence-electron chi connectivity index (χ1n) is 9.45. The highest BCUT2D eigenvalue weighted by Gasteiger charge is 2.33. The van der Waals surface area contributed by atoms with Gasteiger partial charge in [0.1, 0.15) is 11.0 Å². The Labute approximate surface area is 148 Å². The molecule has 2 fully saturated rings. The van der Waals surface area contributed by atoms with E-state index in [2.05, 4.69) is 34.2 Å². The predicted molar refractivity (Wildman–Crippen MR) is 97.3 cm³/mol. The van der Waals surface area contributed by atoms with Crippen LogP contribution in [0.25, 0.3) is 11.0 Å². The van der Waals surface area contributed by atoms with Gasteiger partial charge in [-0.15, -0.1) is 0 Å². The van der Waals surface area contributed by atoms with Crippen LogP contribution in [0.15, 0.2) is 18.2 Å². The van der Waals surface area contributed by atoms with Crippen molar-refractivity contribution in [2.45, 2.75) is 39.2 Å². The first-order chi connectivity index (χ1) is 12.1. The summed E-state index contributed by atoms with van der Waals surface area (Å²) in [5.74, 6) is 1.55. The molecular formula is C19H27N5O. The van der Waals surface area contributed by atoms with E-state index in [1.165, 1.54) is 19.4 Å². The Hall–Kier alpha value is -1.95. The van der Waals surface area contributed by atoms with Crippen LogP contribution in [-0.4, -0.2) is 63.3 Å².